The second-order valence-corrected chi connectivity index (χ2v) is 5.62. The SMILES string of the molecule is CC1CNC(=O)N1c1nc2c(ccc3[nH]cnc32)s1. The van der Waals surface area contributed by atoms with E-state index in [1.807, 2.05) is 19.1 Å². The number of hydrogen-bond acceptors (Lipinski definition) is 4. The van der Waals surface area contributed by atoms with Crippen molar-refractivity contribution in [2.45, 2.75) is 13.0 Å². The topological polar surface area (TPSA) is 73.9 Å². The number of benzene rings is 1. The molecule has 3 heterocycles. The number of amides is 2. The van der Waals surface area contributed by atoms with Crippen LogP contribution in [-0.2, 0) is 0 Å². The molecule has 1 fully saturated rings. The molecule has 1 aromatic carbocycles. The molecule has 3 aromatic rings. The number of carbonyl (C=O) groups excluding carboxylic acids is 1. The maximum absolute atomic E-state index is 11.8. The zero-order chi connectivity index (χ0) is 13.0. The summed E-state index contributed by atoms with van der Waals surface area (Å²) in [5, 5.41) is 3.56. The summed E-state index contributed by atoms with van der Waals surface area (Å²) in [6, 6.07) is 4.04. The predicted octanol–water partition coefficient (Wildman–Crippen LogP) is 2.09. The zero-order valence-electron chi connectivity index (χ0n) is 10.2. The van der Waals surface area contributed by atoms with Gasteiger partial charge in [-0.25, -0.2) is 14.8 Å². The molecule has 19 heavy (non-hydrogen) atoms. The molecule has 0 aliphatic carbocycles. The van der Waals surface area contributed by atoms with E-state index in [4.69, 9.17) is 0 Å². The Morgan fingerprint density at radius 3 is 3.11 bits per heavy atom. The van der Waals surface area contributed by atoms with Crippen LogP contribution in [0.4, 0.5) is 9.93 Å². The van der Waals surface area contributed by atoms with Gasteiger partial charge in [0.15, 0.2) is 5.13 Å². The molecule has 1 saturated heterocycles. The number of nitrogens with one attached hydrogen (secondary N) is 2. The lowest BCUT2D eigenvalue weighted by atomic mass is 10.3. The molecule has 1 atom stereocenters. The van der Waals surface area contributed by atoms with Gasteiger partial charge in [0.25, 0.3) is 0 Å². The molecule has 1 aliphatic heterocycles. The van der Waals surface area contributed by atoms with Crippen molar-refractivity contribution < 1.29 is 4.79 Å². The van der Waals surface area contributed by atoms with Crippen molar-refractivity contribution in [1.82, 2.24) is 20.3 Å². The number of imidazole rings is 1. The molecule has 6 nitrogen and oxygen atoms in total. The van der Waals surface area contributed by atoms with Gasteiger partial charge in [0.1, 0.15) is 11.0 Å². The summed E-state index contributed by atoms with van der Waals surface area (Å²) in [5.74, 6) is 0. The Hall–Kier alpha value is -2.15. The van der Waals surface area contributed by atoms with Crippen LogP contribution in [-0.4, -0.2) is 33.6 Å². The van der Waals surface area contributed by atoms with Gasteiger partial charge < -0.3 is 10.3 Å². The lowest BCUT2D eigenvalue weighted by molar-refractivity contribution is 0.252. The Bertz CT molecular complexity index is 792. The summed E-state index contributed by atoms with van der Waals surface area (Å²) in [6.45, 7) is 2.67. The van der Waals surface area contributed by atoms with E-state index in [0.717, 1.165) is 26.4 Å². The highest BCUT2D eigenvalue weighted by molar-refractivity contribution is 7.22. The third-order valence-electron chi connectivity index (χ3n) is 3.35. The number of hydrogen-bond donors (Lipinski definition) is 2. The average molecular weight is 273 g/mol. The van der Waals surface area contributed by atoms with Crippen molar-refractivity contribution in [3.8, 4) is 0 Å². The van der Waals surface area contributed by atoms with E-state index in [0.29, 0.717) is 6.54 Å². The number of rotatable bonds is 1. The van der Waals surface area contributed by atoms with Crippen molar-refractivity contribution in [1.29, 1.82) is 0 Å². The molecule has 7 heteroatoms. The van der Waals surface area contributed by atoms with Crippen LogP contribution in [0.1, 0.15) is 6.92 Å². The van der Waals surface area contributed by atoms with Crippen LogP contribution in [0.15, 0.2) is 18.5 Å². The molecule has 1 unspecified atom stereocenters. The Kier molecular flexibility index (Phi) is 2.08. The van der Waals surface area contributed by atoms with Crippen molar-refractivity contribution in [3.05, 3.63) is 18.5 Å². The van der Waals surface area contributed by atoms with Crippen molar-refractivity contribution >= 4 is 43.7 Å². The molecule has 0 saturated carbocycles. The molecule has 2 N–H and O–H groups in total. The van der Waals surface area contributed by atoms with Gasteiger partial charge in [-0.1, -0.05) is 11.3 Å². The fourth-order valence-electron chi connectivity index (χ4n) is 2.37. The lowest BCUT2D eigenvalue weighted by Crippen LogP contribution is -2.32. The summed E-state index contributed by atoms with van der Waals surface area (Å²) in [4.78, 5) is 25.5. The normalized spacial score (nSPS) is 19.5. The first-order chi connectivity index (χ1) is 9.24. The molecule has 4 rings (SSSR count). The lowest BCUT2D eigenvalue weighted by Gasteiger charge is -2.15. The minimum atomic E-state index is -0.0789. The third kappa shape index (κ3) is 1.45. The first-order valence-electron chi connectivity index (χ1n) is 6.04. The van der Waals surface area contributed by atoms with Gasteiger partial charge in [-0.2, -0.15) is 0 Å². The van der Waals surface area contributed by atoms with Gasteiger partial charge in [0.05, 0.1) is 22.6 Å². The molecule has 96 valence electrons. The number of carbonyl (C=O) groups is 1. The second-order valence-electron chi connectivity index (χ2n) is 4.61. The van der Waals surface area contributed by atoms with Crippen molar-refractivity contribution in [2.75, 3.05) is 11.4 Å². The summed E-state index contributed by atoms with van der Waals surface area (Å²) in [5.41, 5.74) is 2.67. The fraction of sp³-hybridized carbons (Fsp3) is 0.250. The zero-order valence-corrected chi connectivity index (χ0v) is 11.0. The first-order valence-corrected chi connectivity index (χ1v) is 6.85. The second kappa shape index (κ2) is 3.67. The highest BCUT2D eigenvalue weighted by atomic mass is 32.1. The van der Waals surface area contributed by atoms with Gasteiger partial charge in [-0.3, -0.25) is 4.90 Å². The molecule has 2 aromatic heterocycles. The number of aromatic amines is 1. The van der Waals surface area contributed by atoms with Crippen LogP contribution in [0.25, 0.3) is 21.3 Å². The Morgan fingerprint density at radius 2 is 2.32 bits per heavy atom. The van der Waals surface area contributed by atoms with E-state index in [-0.39, 0.29) is 12.1 Å². The Labute approximate surface area is 112 Å². The maximum Gasteiger partial charge on any atom is 0.324 e. The molecule has 0 radical (unpaired) electrons. The number of thiazole rings is 1. The quantitative estimate of drug-likeness (QED) is 0.713. The van der Waals surface area contributed by atoms with Crippen LogP contribution in [0.2, 0.25) is 0 Å². The van der Waals surface area contributed by atoms with Crippen molar-refractivity contribution in [2.24, 2.45) is 0 Å². The van der Waals surface area contributed by atoms with E-state index in [1.165, 1.54) is 11.3 Å². The van der Waals surface area contributed by atoms with Crippen LogP contribution >= 0.6 is 11.3 Å². The van der Waals surface area contributed by atoms with E-state index < -0.39 is 0 Å². The van der Waals surface area contributed by atoms with E-state index in [1.54, 1.807) is 11.2 Å². The van der Waals surface area contributed by atoms with E-state index >= 15 is 0 Å². The predicted molar refractivity (Wildman–Crippen MR) is 74.6 cm³/mol. The monoisotopic (exact) mass is 273 g/mol. The number of anilines is 1. The maximum atomic E-state index is 11.8. The standard InChI is InChI=1S/C12H11N5OS/c1-6-4-13-11(18)17(6)12-16-10-8(19-12)3-2-7-9(10)15-5-14-7/h2-3,5-6H,4H2,1H3,(H,13,18)(H,14,15). The van der Waals surface area contributed by atoms with Crippen molar-refractivity contribution in [3.63, 3.8) is 0 Å². The number of aromatic nitrogens is 3. The molecular weight excluding hydrogens is 262 g/mol. The number of fused-ring (bicyclic) bond motifs is 3. The Balaban J connectivity index is 1.94. The number of H-pyrrole nitrogens is 1. The number of urea groups is 1. The average Bonchev–Trinajstić information content (AvgIpc) is 3.06. The fourth-order valence-corrected chi connectivity index (χ4v) is 3.44. The van der Waals surface area contributed by atoms with Gasteiger partial charge in [0, 0.05) is 6.54 Å². The molecule has 0 bridgehead atoms. The smallest absolute Gasteiger partial charge is 0.324 e. The minimum Gasteiger partial charge on any atom is -0.345 e. The number of nitrogens with zero attached hydrogens (tertiary/aromatic N) is 3. The highest BCUT2D eigenvalue weighted by Crippen LogP contribution is 2.33. The summed E-state index contributed by atoms with van der Waals surface area (Å²) < 4.78 is 1.04. The van der Waals surface area contributed by atoms with Gasteiger partial charge in [-0.15, -0.1) is 0 Å². The van der Waals surface area contributed by atoms with Gasteiger partial charge in [-0.05, 0) is 19.1 Å². The van der Waals surface area contributed by atoms with E-state index in [9.17, 15) is 4.79 Å². The summed E-state index contributed by atoms with van der Waals surface area (Å²) in [7, 11) is 0. The Morgan fingerprint density at radius 1 is 1.42 bits per heavy atom. The third-order valence-corrected chi connectivity index (χ3v) is 4.37. The van der Waals surface area contributed by atoms with Crippen LogP contribution < -0.4 is 10.2 Å². The molecular formula is C12H11N5OS. The molecule has 2 amide bonds. The summed E-state index contributed by atoms with van der Waals surface area (Å²) >= 11 is 1.52. The molecule has 1 aliphatic rings. The van der Waals surface area contributed by atoms with Crippen LogP contribution in [0.3, 0.4) is 0 Å². The largest absolute Gasteiger partial charge is 0.345 e. The van der Waals surface area contributed by atoms with Gasteiger partial charge >= 0.3 is 6.03 Å². The first kappa shape index (κ1) is 10.7. The van der Waals surface area contributed by atoms with Crippen LogP contribution in [0.5, 0.6) is 0 Å². The minimum absolute atomic E-state index is 0.0789. The summed E-state index contributed by atoms with van der Waals surface area (Å²) in [6.07, 6.45) is 1.66. The van der Waals surface area contributed by atoms with Gasteiger partial charge in [0.2, 0.25) is 0 Å². The van der Waals surface area contributed by atoms with Crippen LogP contribution in [0, 0.1) is 0 Å². The highest BCUT2D eigenvalue weighted by Gasteiger charge is 2.31. The molecule has 0 spiro atoms. The van der Waals surface area contributed by atoms with E-state index in [2.05, 4.69) is 20.3 Å².